The number of fused-ring (bicyclic) bond motifs is 1. The van der Waals surface area contributed by atoms with Gasteiger partial charge in [0.25, 0.3) is 5.56 Å². The highest BCUT2D eigenvalue weighted by molar-refractivity contribution is 5.56. The van der Waals surface area contributed by atoms with Gasteiger partial charge in [-0.15, -0.1) is 0 Å². The number of rotatable bonds is 4. The van der Waals surface area contributed by atoms with Crippen molar-refractivity contribution in [3.05, 3.63) is 105 Å². The van der Waals surface area contributed by atoms with Crippen molar-refractivity contribution in [1.82, 2.24) is 4.57 Å². The Kier molecular flexibility index (Phi) is 5.03. The monoisotopic (exact) mass is 399 g/mol. The van der Waals surface area contributed by atoms with E-state index in [1.807, 2.05) is 61.5 Å². The van der Waals surface area contributed by atoms with Gasteiger partial charge >= 0.3 is 0 Å². The maximum Gasteiger partial charge on any atom is 0.259 e. The van der Waals surface area contributed by atoms with E-state index in [1.165, 1.54) is 0 Å². The molecule has 0 unspecified atom stereocenters. The number of aryl methyl sites for hydroxylation is 1. The minimum absolute atomic E-state index is 0.0115. The van der Waals surface area contributed by atoms with Crippen LogP contribution < -0.4 is 20.8 Å². The van der Waals surface area contributed by atoms with Gasteiger partial charge in [0, 0.05) is 11.8 Å². The molecule has 0 saturated heterocycles. The summed E-state index contributed by atoms with van der Waals surface area (Å²) in [6, 6.07) is 21.0. The Bertz CT molecular complexity index is 1240. The van der Waals surface area contributed by atoms with Crippen LogP contribution in [0.3, 0.4) is 0 Å². The van der Waals surface area contributed by atoms with E-state index in [9.17, 15) is 10.1 Å². The van der Waals surface area contributed by atoms with Gasteiger partial charge in [-0.25, -0.2) is 0 Å². The van der Waals surface area contributed by atoms with Gasteiger partial charge in [-0.3, -0.25) is 4.79 Å². The van der Waals surface area contributed by atoms with Crippen molar-refractivity contribution in [1.29, 1.82) is 5.26 Å². The molecular weight excluding hydrogens is 378 g/mol. The summed E-state index contributed by atoms with van der Waals surface area (Å²) in [5, 5.41) is 9.79. The Morgan fingerprint density at radius 3 is 2.63 bits per heavy atom. The number of pyridine rings is 1. The smallest absolute Gasteiger partial charge is 0.259 e. The summed E-state index contributed by atoms with van der Waals surface area (Å²) in [4.78, 5) is 13.6. The van der Waals surface area contributed by atoms with E-state index in [-0.39, 0.29) is 17.0 Å². The SMILES string of the molecule is COc1cccc([C@H]2C(C#N)=C(N)Oc3cc(C)n(Cc4ccccc4)c(=O)c32)c1. The number of aromatic nitrogens is 1. The van der Waals surface area contributed by atoms with Crippen molar-refractivity contribution in [2.75, 3.05) is 7.11 Å². The summed E-state index contributed by atoms with van der Waals surface area (Å²) in [5.41, 5.74) is 8.96. The molecule has 1 aliphatic rings. The first-order valence-corrected chi connectivity index (χ1v) is 9.53. The molecule has 0 bridgehead atoms. The largest absolute Gasteiger partial charge is 0.497 e. The normalized spacial score (nSPS) is 15.2. The van der Waals surface area contributed by atoms with Crippen LogP contribution in [0.4, 0.5) is 0 Å². The average Bonchev–Trinajstić information content (AvgIpc) is 2.76. The van der Waals surface area contributed by atoms with Crippen molar-refractivity contribution in [3.63, 3.8) is 0 Å². The lowest BCUT2D eigenvalue weighted by molar-refractivity contribution is 0.388. The van der Waals surface area contributed by atoms with Gasteiger partial charge in [-0.05, 0) is 30.2 Å². The number of allylic oxidation sites excluding steroid dienone is 1. The first kappa shape index (κ1) is 19.3. The molecule has 0 saturated carbocycles. The fraction of sp³-hybridized carbons (Fsp3) is 0.167. The highest BCUT2D eigenvalue weighted by atomic mass is 16.5. The summed E-state index contributed by atoms with van der Waals surface area (Å²) in [5.74, 6) is 0.390. The summed E-state index contributed by atoms with van der Waals surface area (Å²) in [6.07, 6.45) is 0. The number of ether oxygens (including phenoxy) is 2. The third-order valence-electron chi connectivity index (χ3n) is 5.30. The van der Waals surface area contributed by atoms with Gasteiger partial charge in [-0.2, -0.15) is 5.26 Å². The van der Waals surface area contributed by atoms with E-state index in [0.29, 0.717) is 23.6 Å². The maximum absolute atomic E-state index is 13.6. The van der Waals surface area contributed by atoms with Crippen LogP contribution >= 0.6 is 0 Å². The first-order chi connectivity index (χ1) is 14.5. The van der Waals surface area contributed by atoms with Gasteiger partial charge < -0.3 is 19.8 Å². The van der Waals surface area contributed by atoms with Crippen molar-refractivity contribution < 1.29 is 9.47 Å². The summed E-state index contributed by atoms with van der Waals surface area (Å²) >= 11 is 0. The van der Waals surface area contributed by atoms with E-state index in [1.54, 1.807) is 17.7 Å². The van der Waals surface area contributed by atoms with E-state index in [4.69, 9.17) is 15.2 Å². The van der Waals surface area contributed by atoms with E-state index >= 15 is 0 Å². The Labute approximate surface area is 174 Å². The molecule has 0 aliphatic carbocycles. The van der Waals surface area contributed by atoms with Gasteiger partial charge in [0.15, 0.2) is 0 Å². The van der Waals surface area contributed by atoms with Gasteiger partial charge in [0.2, 0.25) is 5.88 Å². The number of nitriles is 1. The zero-order valence-electron chi connectivity index (χ0n) is 16.8. The predicted molar refractivity (Wildman–Crippen MR) is 113 cm³/mol. The lowest BCUT2D eigenvalue weighted by Gasteiger charge is -2.27. The molecule has 4 rings (SSSR count). The molecule has 150 valence electrons. The number of hydrogen-bond acceptors (Lipinski definition) is 5. The number of nitrogens with two attached hydrogens (primary N) is 1. The second kappa shape index (κ2) is 7.80. The third-order valence-corrected chi connectivity index (χ3v) is 5.30. The van der Waals surface area contributed by atoms with Crippen LogP contribution in [0.25, 0.3) is 0 Å². The van der Waals surface area contributed by atoms with Crippen LogP contribution in [0, 0.1) is 18.3 Å². The lowest BCUT2D eigenvalue weighted by atomic mass is 9.84. The predicted octanol–water partition coefficient (Wildman–Crippen LogP) is 3.43. The molecule has 2 N–H and O–H groups in total. The Hall–Kier alpha value is -3.98. The van der Waals surface area contributed by atoms with Crippen molar-refractivity contribution in [3.8, 4) is 17.6 Å². The minimum atomic E-state index is -0.635. The van der Waals surface area contributed by atoms with Crippen LogP contribution in [-0.4, -0.2) is 11.7 Å². The standard InChI is InChI=1S/C24H21N3O3/c1-15-11-20-22(24(28)27(15)14-16-7-4-3-5-8-16)21(19(13-25)23(26)30-20)17-9-6-10-18(12-17)29-2/h3-12,21H,14,26H2,1-2H3/t21-/m0/s1. The Morgan fingerprint density at radius 1 is 1.17 bits per heavy atom. The molecular formula is C24H21N3O3. The van der Waals surface area contributed by atoms with Gasteiger partial charge in [0.05, 0.1) is 25.1 Å². The zero-order valence-corrected chi connectivity index (χ0v) is 16.8. The maximum atomic E-state index is 13.6. The molecule has 1 atom stereocenters. The first-order valence-electron chi connectivity index (χ1n) is 9.53. The second-order valence-electron chi connectivity index (χ2n) is 7.14. The van der Waals surface area contributed by atoms with E-state index in [2.05, 4.69) is 6.07 Å². The van der Waals surface area contributed by atoms with Crippen LogP contribution in [0.5, 0.6) is 11.5 Å². The van der Waals surface area contributed by atoms with E-state index in [0.717, 1.165) is 16.8 Å². The molecule has 0 spiro atoms. The number of nitrogens with zero attached hydrogens (tertiary/aromatic N) is 2. The minimum Gasteiger partial charge on any atom is -0.497 e. The fourth-order valence-electron chi connectivity index (χ4n) is 3.80. The van der Waals surface area contributed by atoms with Crippen LogP contribution in [-0.2, 0) is 6.54 Å². The van der Waals surface area contributed by atoms with Crippen molar-refractivity contribution >= 4 is 0 Å². The van der Waals surface area contributed by atoms with Crippen molar-refractivity contribution in [2.24, 2.45) is 5.73 Å². The molecule has 0 fully saturated rings. The third kappa shape index (κ3) is 3.31. The molecule has 2 aromatic carbocycles. The molecule has 2 heterocycles. The average molecular weight is 399 g/mol. The van der Waals surface area contributed by atoms with Crippen molar-refractivity contribution in [2.45, 2.75) is 19.4 Å². The molecule has 30 heavy (non-hydrogen) atoms. The van der Waals surface area contributed by atoms with E-state index < -0.39 is 5.92 Å². The highest BCUT2D eigenvalue weighted by Crippen LogP contribution is 2.41. The summed E-state index contributed by atoms with van der Waals surface area (Å²) in [6.45, 7) is 2.28. The Morgan fingerprint density at radius 2 is 1.93 bits per heavy atom. The summed E-state index contributed by atoms with van der Waals surface area (Å²) < 4.78 is 12.7. The fourth-order valence-corrected chi connectivity index (χ4v) is 3.80. The molecule has 0 amide bonds. The zero-order chi connectivity index (χ0) is 21.3. The van der Waals surface area contributed by atoms with Crippen LogP contribution in [0.15, 0.2) is 76.9 Å². The lowest BCUT2D eigenvalue weighted by Crippen LogP contribution is -2.33. The molecule has 3 aromatic rings. The second-order valence-corrected chi connectivity index (χ2v) is 7.14. The topological polar surface area (TPSA) is 90.3 Å². The van der Waals surface area contributed by atoms with Crippen LogP contribution in [0.2, 0.25) is 0 Å². The highest BCUT2D eigenvalue weighted by Gasteiger charge is 2.34. The van der Waals surface area contributed by atoms with Gasteiger partial charge in [0.1, 0.15) is 23.1 Å². The van der Waals surface area contributed by atoms with Gasteiger partial charge in [-0.1, -0.05) is 42.5 Å². The number of hydrogen-bond donors (Lipinski definition) is 1. The number of benzene rings is 2. The molecule has 1 aromatic heterocycles. The molecule has 6 heteroatoms. The number of methoxy groups -OCH3 is 1. The molecule has 6 nitrogen and oxygen atoms in total. The Balaban J connectivity index is 1.93. The molecule has 0 radical (unpaired) electrons. The summed E-state index contributed by atoms with van der Waals surface area (Å²) in [7, 11) is 1.57. The quantitative estimate of drug-likeness (QED) is 0.726. The molecule has 1 aliphatic heterocycles. The van der Waals surface area contributed by atoms with Crippen LogP contribution in [0.1, 0.15) is 28.3 Å².